The zero-order valence-corrected chi connectivity index (χ0v) is 16.1. The summed E-state index contributed by atoms with van der Waals surface area (Å²) in [5.41, 5.74) is 1.20. The first kappa shape index (κ1) is 18.9. The normalized spacial score (nSPS) is 17.3. The van der Waals surface area contributed by atoms with Crippen molar-refractivity contribution in [1.82, 2.24) is 4.90 Å². The third kappa shape index (κ3) is 3.80. The fourth-order valence-corrected chi connectivity index (χ4v) is 3.83. The molecule has 0 aliphatic carbocycles. The molecule has 1 aliphatic rings. The lowest BCUT2D eigenvalue weighted by molar-refractivity contribution is -0.384. The molecule has 1 aromatic carbocycles. The summed E-state index contributed by atoms with van der Waals surface area (Å²) in [5, 5.41) is 12.0. The molecule has 1 aliphatic heterocycles. The van der Waals surface area contributed by atoms with Gasteiger partial charge < -0.3 is 4.42 Å². The van der Waals surface area contributed by atoms with Gasteiger partial charge in [0.15, 0.2) is 5.17 Å². The number of likely N-dealkylation sites (N-methyl/N-ethyl adjacent to an activating group) is 1. The Hall–Kier alpha value is -2.87. The van der Waals surface area contributed by atoms with Crippen LogP contribution in [0.15, 0.2) is 44.6 Å². The molecule has 8 heteroatoms. The fourth-order valence-electron chi connectivity index (χ4n) is 2.75. The van der Waals surface area contributed by atoms with Gasteiger partial charge in [-0.1, -0.05) is 6.07 Å². The van der Waals surface area contributed by atoms with Crippen LogP contribution in [0, 0.1) is 17.0 Å². The van der Waals surface area contributed by atoms with Gasteiger partial charge in [0.2, 0.25) is 0 Å². The summed E-state index contributed by atoms with van der Waals surface area (Å²) in [5.74, 6) is 0.734. The SMILES string of the molecule is CCN=C1S/C(=C/c2ccc(-c3ccc(C)cc3[N+](=O)[O-])o2)C(=O)N1CC. The Morgan fingerprint density at radius 1 is 1.30 bits per heavy atom. The number of nitrogens with zero attached hydrogens (tertiary/aromatic N) is 3. The third-order valence-electron chi connectivity index (χ3n) is 4.01. The largest absolute Gasteiger partial charge is 0.456 e. The predicted molar refractivity (Wildman–Crippen MR) is 106 cm³/mol. The van der Waals surface area contributed by atoms with Gasteiger partial charge in [0.05, 0.1) is 15.4 Å². The maximum absolute atomic E-state index is 12.5. The number of nitro benzene ring substituents is 1. The lowest BCUT2D eigenvalue weighted by Gasteiger charge is -2.11. The summed E-state index contributed by atoms with van der Waals surface area (Å²) in [4.78, 5) is 29.9. The van der Waals surface area contributed by atoms with E-state index in [2.05, 4.69) is 4.99 Å². The summed E-state index contributed by atoms with van der Waals surface area (Å²) in [6.07, 6.45) is 1.65. The quantitative estimate of drug-likeness (QED) is 0.430. The Bertz CT molecular complexity index is 962. The monoisotopic (exact) mass is 385 g/mol. The van der Waals surface area contributed by atoms with Crippen LogP contribution in [0.3, 0.4) is 0 Å². The maximum atomic E-state index is 12.5. The van der Waals surface area contributed by atoms with Gasteiger partial charge in [-0.2, -0.15) is 0 Å². The van der Waals surface area contributed by atoms with Gasteiger partial charge in [0.25, 0.3) is 11.6 Å². The number of nitro groups is 1. The number of benzene rings is 1. The lowest BCUT2D eigenvalue weighted by Crippen LogP contribution is -2.28. The average molecular weight is 385 g/mol. The van der Waals surface area contributed by atoms with Crippen molar-refractivity contribution in [3.63, 3.8) is 0 Å². The van der Waals surface area contributed by atoms with E-state index in [4.69, 9.17) is 4.42 Å². The Morgan fingerprint density at radius 3 is 2.74 bits per heavy atom. The number of aliphatic imine (C=N–C) groups is 1. The summed E-state index contributed by atoms with van der Waals surface area (Å²) in [7, 11) is 0. The highest BCUT2D eigenvalue weighted by Gasteiger charge is 2.32. The van der Waals surface area contributed by atoms with E-state index in [9.17, 15) is 14.9 Å². The highest BCUT2D eigenvalue weighted by Crippen LogP contribution is 2.35. The van der Waals surface area contributed by atoms with Gasteiger partial charge in [-0.15, -0.1) is 0 Å². The van der Waals surface area contributed by atoms with Crippen LogP contribution in [0.1, 0.15) is 25.2 Å². The van der Waals surface area contributed by atoms with Crippen LogP contribution in [0.5, 0.6) is 0 Å². The minimum absolute atomic E-state index is 0.00982. The Kier molecular flexibility index (Phi) is 5.46. The fraction of sp³-hybridized carbons (Fsp3) is 0.263. The highest BCUT2D eigenvalue weighted by molar-refractivity contribution is 8.18. The molecular formula is C19H19N3O4S. The number of carbonyl (C=O) groups excluding carboxylic acids is 1. The average Bonchev–Trinajstić information content (AvgIpc) is 3.20. The van der Waals surface area contributed by atoms with E-state index in [1.807, 2.05) is 13.8 Å². The van der Waals surface area contributed by atoms with Crippen LogP contribution in [-0.4, -0.2) is 34.0 Å². The molecule has 0 atom stereocenters. The van der Waals surface area contributed by atoms with E-state index < -0.39 is 4.92 Å². The summed E-state index contributed by atoms with van der Waals surface area (Å²) in [6, 6.07) is 8.35. The topological polar surface area (TPSA) is 89.0 Å². The van der Waals surface area contributed by atoms with Crippen LogP contribution in [0.2, 0.25) is 0 Å². The van der Waals surface area contributed by atoms with E-state index in [1.165, 1.54) is 17.8 Å². The number of carbonyl (C=O) groups is 1. The lowest BCUT2D eigenvalue weighted by atomic mass is 10.1. The Labute approximate surface area is 160 Å². The molecule has 0 spiro atoms. The zero-order valence-electron chi connectivity index (χ0n) is 15.3. The molecule has 3 rings (SSSR count). The van der Waals surface area contributed by atoms with Crippen molar-refractivity contribution in [2.75, 3.05) is 13.1 Å². The van der Waals surface area contributed by atoms with Gasteiger partial charge in [0.1, 0.15) is 11.5 Å². The van der Waals surface area contributed by atoms with Gasteiger partial charge in [-0.05, 0) is 56.3 Å². The van der Waals surface area contributed by atoms with Crippen molar-refractivity contribution >= 4 is 34.6 Å². The van der Waals surface area contributed by atoms with E-state index in [0.717, 1.165) is 5.56 Å². The first-order valence-electron chi connectivity index (χ1n) is 8.55. The molecule has 27 heavy (non-hydrogen) atoms. The van der Waals surface area contributed by atoms with Gasteiger partial charge in [-0.3, -0.25) is 24.8 Å². The van der Waals surface area contributed by atoms with Crippen molar-refractivity contribution in [2.45, 2.75) is 20.8 Å². The first-order chi connectivity index (χ1) is 12.9. The second-order valence-corrected chi connectivity index (χ2v) is 6.91. The smallest absolute Gasteiger partial charge is 0.280 e. The van der Waals surface area contributed by atoms with E-state index in [1.54, 1.807) is 42.2 Å². The van der Waals surface area contributed by atoms with Gasteiger partial charge in [0, 0.05) is 25.2 Å². The zero-order chi connectivity index (χ0) is 19.6. The molecule has 1 aromatic heterocycles. The minimum Gasteiger partial charge on any atom is -0.456 e. The number of furan rings is 1. The number of aryl methyl sites for hydroxylation is 1. The molecule has 1 fully saturated rings. The van der Waals surface area contributed by atoms with E-state index in [0.29, 0.717) is 40.2 Å². The van der Waals surface area contributed by atoms with E-state index >= 15 is 0 Å². The molecule has 0 unspecified atom stereocenters. The summed E-state index contributed by atoms with van der Waals surface area (Å²) < 4.78 is 5.77. The molecule has 0 radical (unpaired) electrons. The van der Waals surface area contributed by atoms with Crippen molar-refractivity contribution in [2.24, 2.45) is 4.99 Å². The molecule has 0 N–H and O–H groups in total. The first-order valence-corrected chi connectivity index (χ1v) is 9.37. The maximum Gasteiger partial charge on any atom is 0.280 e. The van der Waals surface area contributed by atoms with E-state index in [-0.39, 0.29) is 11.6 Å². The van der Waals surface area contributed by atoms with Crippen molar-refractivity contribution in [3.05, 3.63) is 56.7 Å². The number of thioether (sulfide) groups is 1. The number of hydrogen-bond acceptors (Lipinski definition) is 6. The summed E-state index contributed by atoms with van der Waals surface area (Å²) >= 11 is 1.31. The number of amidine groups is 1. The molecule has 1 saturated heterocycles. The minimum atomic E-state index is -0.425. The molecule has 0 bridgehead atoms. The number of amides is 1. The van der Waals surface area contributed by atoms with Gasteiger partial charge in [-0.25, -0.2) is 0 Å². The predicted octanol–water partition coefficient (Wildman–Crippen LogP) is 4.48. The molecule has 2 aromatic rings. The standard InChI is InChI=1S/C19H19N3O4S/c1-4-20-19-21(5-2)18(23)17(27-19)11-13-7-9-16(26-13)14-8-6-12(3)10-15(14)22(24)25/h6-11H,4-5H2,1-3H3/b17-11+,20-19?. The van der Waals surface area contributed by atoms with Crippen LogP contribution in [0.25, 0.3) is 17.4 Å². The van der Waals surface area contributed by atoms with Crippen molar-refractivity contribution < 1.29 is 14.1 Å². The second-order valence-electron chi connectivity index (χ2n) is 5.90. The van der Waals surface area contributed by atoms with Gasteiger partial charge >= 0.3 is 0 Å². The second kappa shape index (κ2) is 7.79. The molecule has 140 valence electrons. The highest BCUT2D eigenvalue weighted by atomic mass is 32.2. The van der Waals surface area contributed by atoms with Crippen LogP contribution < -0.4 is 0 Å². The molecule has 2 heterocycles. The van der Waals surface area contributed by atoms with Crippen LogP contribution in [0.4, 0.5) is 5.69 Å². The van der Waals surface area contributed by atoms with Crippen LogP contribution >= 0.6 is 11.8 Å². The van der Waals surface area contributed by atoms with Crippen LogP contribution in [-0.2, 0) is 4.79 Å². The van der Waals surface area contributed by atoms with Crippen molar-refractivity contribution in [1.29, 1.82) is 0 Å². The Balaban J connectivity index is 1.94. The third-order valence-corrected chi connectivity index (χ3v) is 5.06. The number of rotatable bonds is 5. The molecule has 0 saturated carbocycles. The molecular weight excluding hydrogens is 366 g/mol. The molecule has 1 amide bonds. The number of hydrogen-bond donors (Lipinski definition) is 0. The Morgan fingerprint density at radius 2 is 2.07 bits per heavy atom. The summed E-state index contributed by atoms with van der Waals surface area (Å²) in [6.45, 7) is 6.75. The van der Waals surface area contributed by atoms with Crippen molar-refractivity contribution in [3.8, 4) is 11.3 Å². The molecule has 7 nitrogen and oxygen atoms in total.